The molecule has 1 saturated heterocycles. The maximum absolute atomic E-state index is 13.4. The molecule has 0 N–H and O–H groups in total. The molecule has 1 aliphatic rings. The van der Waals surface area contributed by atoms with Gasteiger partial charge in [-0.1, -0.05) is 17.7 Å². The van der Waals surface area contributed by atoms with Crippen LogP contribution in [0.25, 0.3) is 10.9 Å². The summed E-state index contributed by atoms with van der Waals surface area (Å²) in [6.07, 6.45) is 4.19. The molecule has 33 heavy (non-hydrogen) atoms. The molecule has 170 valence electrons. The van der Waals surface area contributed by atoms with Crippen molar-refractivity contribution in [2.75, 3.05) is 18.0 Å². The highest BCUT2D eigenvalue weighted by molar-refractivity contribution is 7.09. The third-order valence-corrected chi connectivity index (χ3v) is 6.94. The average Bonchev–Trinajstić information content (AvgIpc) is 3.56. The molecule has 8 heteroatoms. The Bertz CT molecular complexity index is 1260. The van der Waals surface area contributed by atoms with Crippen molar-refractivity contribution in [3.63, 3.8) is 0 Å². The smallest absolute Gasteiger partial charge is 0.229 e. The van der Waals surface area contributed by atoms with Gasteiger partial charge in [-0.3, -0.25) is 4.79 Å². The Morgan fingerprint density at radius 1 is 1.18 bits per heavy atom. The molecular weight excluding hydrogens is 456 g/mol. The fraction of sp³-hybridized carbons (Fsp3) is 0.320. The van der Waals surface area contributed by atoms with E-state index < -0.39 is 0 Å². The van der Waals surface area contributed by atoms with Crippen molar-refractivity contribution in [3.8, 4) is 0 Å². The van der Waals surface area contributed by atoms with Crippen LogP contribution in [0.5, 0.6) is 0 Å². The minimum Gasteiger partial charge on any atom is -0.467 e. The van der Waals surface area contributed by atoms with Gasteiger partial charge in [-0.25, -0.2) is 9.97 Å². The first-order chi connectivity index (χ1) is 16.0. The van der Waals surface area contributed by atoms with E-state index in [0.717, 1.165) is 64.7 Å². The lowest BCUT2D eigenvalue weighted by molar-refractivity contribution is -0.132. The van der Waals surface area contributed by atoms with Gasteiger partial charge in [-0.05, 0) is 50.1 Å². The molecule has 3 aromatic heterocycles. The second-order valence-electron chi connectivity index (χ2n) is 8.37. The minimum absolute atomic E-state index is 0.0141. The molecule has 1 fully saturated rings. The molecule has 0 bridgehead atoms. The van der Waals surface area contributed by atoms with Gasteiger partial charge in [0.25, 0.3) is 0 Å². The number of rotatable bonds is 7. The molecule has 1 aliphatic heterocycles. The molecule has 5 rings (SSSR count). The lowest BCUT2D eigenvalue weighted by atomic mass is 10.1. The van der Waals surface area contributed by atoms with Gasteiger partial charge in [-0.15, -0.1) is 11.3 Å². The summed E-state index contributed by atoms with van der Waals surface area (Å²) in [5.74, 6) is 1.70. The fourth-order valence-electron chi connectivity index (χ4n) is 4.28. The van der Waals surface area contributed by atoms with Gasteiger partial charge in [0.05, 0.1) is 35.4 Å². The Balaban J connectivity index is 1.50. The molecule has 6 nitrogen and oxygen atoms in total. The third-order valence-electron chi connectivity index (χ3n) is 5.88. The van der Waals surface area contributed by atoms with Crippen LogP contribution >= 0.6 is 22.9 Å². The number of furan rings is 1. The van der Waals surface area contributed by atoms with Crippen LogP contribution in [0, 0.1) is 6.92 Å². The van der Waals surface area contributed by atoms with Gasteiger partial charge in [0.15, 0.2) is 0 Å². The Labute approximate surface area is 201 Å². The molecule has 0 radical (unpaired) electrons. The molecule has 0 unspecified atom stereocenters. The highest BCUT2D eigenvalue weighted by Gasteiger charge is 2.23. The van der Waals surface area contributed by atoms with Gasteiger partial charge in [-0.2, -0.15) is 0 Å². The van der Waals surface area contributed by atoms with E-state index in [1.165, 1.54) is 0 Å². The molecule has 0 saturated carbocycles. The second kappa shape index (κ2) is 9.53. The zero-order valence-electron chi connectivity index (χ0n) is 18.5. The summed E-state index contributed by atoms with van der Waals surface area (Å²) < 4.78 is 5.57. The van der Waals surface area contributed by atoms with E-state index in [0.29, 0.717) is 18.1 Å². The number of fused-ring (bicyclic) bond motifs is 1. The molecule has 4 heterocycles. The van der Waals surface area contributed by atoms with E-state index in [1.54, 1.807) is 17.6 Å². The maximum atomic E-state index is 13.4. The molecule has 1 aromatic carbocycles. The summed E-state index contributed by atoms with van der Waals surface area (Å²) in [5.41, 5.74) is 2.70. The standard InChI is InChI=1S/C25H25ClN4O2S/c1-17-27-21(16-33-17)13-24(31)30(15-22-5-4-10-32-22)14-19-11-18-6-7-20(26)12-23(18)28-25(19)29-8-2-3-9-29/h4-7,10-12,16H,2-3,8-9,13-15H2,1H3. The Morgan fingerprint density at radius 2 is 2.03 bits per heavy atom. The summed E-state index contributed by atoms with van der Waals surface area (Å²) in [6, 6.07) is 11.6. The Morgan fingerprint density at radius 3 is 2.76 bits per heavy atom. The largest absolute Gasteiger partial charge is 0.467 e. The monoisotopic (exact) mass is 480 g/mol. The van der Waals surface area contributed by atoms with Gasteiger partial charge in [0.1, 0.15) is 11.6 Å². The first-order valence-corrected chi connectivity index (χ1v) is 12.4. The quantitative estimate of drug-likeness (QED) is 0.343. The number of benzene rings is 1. The zero-order chi connectivity index (χ0) is 22.8. The zero-order valence-corrected chi connectivity index (χ0v) is 20.0. The molecule has 1 amide bonds. The number of pyridine rings is 1. The minimum atomic E-state index is 0.0141. The van der Waals surface area contributed by atoms with Crippen molar-refractivity contribution in [3.05, 3.63) is 75.1 Å². The Kier molecular flexibility index (Phi) is 6.33. The number of carbonyl (C=O) groups excluding carboxylic acids is 1. The van der Waals surface area contributed by atoms with E-state index in [4.69, 9.17) is 21.0 Å². The Hall–Kier alpha value is -2.90. The van der Waals surface area contributed by atoms with E-state index in [9.17, 15) is 4.79 Å². The van der Waals surface area contributed by atoms with Gasteiger partial charge in [0, 0.05) is 41.0 Å². The number of carbonyl (C=O) groups is 1. The lowest BCUT2D eigenvalue weighted by Gasteiger charge is -2.26. The summed E-state index contributed by atoms with van der Waals surface area (Å²) >= 11 is 7.79. The predicted octanol–water partition coefficient (Wildman–Crippen LogP) is 5.62. The number of hydrogen-bond acceptors (Lipinski definition) is 6. The van der Waals surface area contributed by atoms with Crippen LogP contribution in [-0.4, -0.2) is 33.9 Å². The van der Waals surface area contributed by atoms with Gasteiger partial charge >= 0.3 is 0 Å². The number of hydrogen-bond donors (Lipinski definition) is 0. The van der Waals surface area contributed by atoms with Crippen LogP contribution in [-0.2, 0) is 24.3 Å². The van der Waals surface area contributed by atoms with E-state index >= 15 is 0 Å². The van der Waals surface area contributed by atoms with Crippen molar-refractivity contribution in [1.29, 1.82) is 0 Å². The van der Waals surface area contributed by atoms with Crippen LogP contribution in [0.4, 0.5) is 5.82 Å². The van der Waals surface area contributed by atoms with Crippen molar-refractivity contribution >= 4 is 45.6 Å². The van der Waals surface area contributed by atoms with Crippen LogP contribution in [0.3, 0.4) is 0 Å². The van der Waals surface area contributed by atoms with Crippen molar-refractivity contribution < 1.29 is 9.21 Å². The van der Waals surface area contributed by atoms with Crippen molar-refractivity contribution in [2.45, 2.75) is 39.3 Å². The summed E-state index contributed by atoms with van der Waals surface area (Å²) in [7, 11) is 0. The normalized spacial score (nSPS) is 13.7. The molecule has 0 spiro atoms. The van der Waals surface area contributed by atoms with Crippen LogP contribution in [0.2, 0.25) is 5.02 Å². The van der Waals surface area contributed by atoms with Gasteiger partial charge < -0.3 is 14.2 Å². The topological polar surface area (TPSA) is 62.5 Å². The second-order valence-corrected chi connectivity index (χ2v) is 9.86. The molecule has 0 aliphatic carbocycles. The lowest BCUT2D eigenvalue weighted by Crippen LogP contribution is -2.32. The number of nitrogens with zero attached hydrogens (tertiary/aromatic N) is 4. The maximum Gasteiger partial charge on any atom is 0.229 e. The van der Waals surface area contributed by atoms with Crippen molar-refractivity contribution in [2.24, 2.45) is 0 Å². The number of amides is 1. The van der Waals surface area contributed by atoms with Crippen molar-refractivity contribution in [1.82, 2.24) is 14.9 Å². The molecule has 0 atom stereocenters. The summed E-state index contributed by atoms with van der Waals surface area (Å²) in [4.78, 5) is 27.0. The third kappa shape index (κ3) is 5.04. The van der Waals surface area contributed by atoms with E-state index in [2.05, 4.69) is 16.0 Å². The number of aromatic nitrogens is 2. The molecule has 4 aromatic rings. The van der Waals surface area contributed by atoms with E-state index in [-0.39, 0.29) is 12.3 Å². The number of halogens is 1. The number of aryl methyl sites for hydroxylation is 1. The van der Waals surface area contributed by atoms with E-state index in [1.807, 2.05) is 47.5 Å². The number of anilines is 1. The van der Waals surface area contributed by atoms with Crippen LogP contribution in [0.1, 0.15) is 34.9 Å². The fourth-order valence-corrected chi connectivity index (χ4v) is 5.06. The first-order valence-electron chi connectivity index (χ1n) is 11.1. The predicted molar refractivity (Wildman–Crippen MR) is 132 cm³/mol. The highest BCUT2D eigenvalue weighted by Crippen LogP contribution is 2.29. The average molecular weight is 481 g/mol. The van der Waals surface area contributed by atoms with Crippen LogP contribution < -0.4 is 4.90 Å². The number of thiazole rings is 1. The SMILES string of the molecule is Cc1nc(CC(=O)N(Cc2ccco2)Cc2cc3ccc(Cl)cc3nc2N2CCCC2)cs1. The van der Waals surface area contributed by atoms with Gasteiger partial charge in [0.2, 0.25) is 5.91 Å². The first kappa shape index (κ1) is 21.9. The highest BCUT2D eigenvalue weighted by atomic mass is 35.5. The molecular formula is C25H25ClN4O2S. The summed E-state index contributed by atoms with van der Waals surface area (Å²) in [6.45, 7) is 4.73. The van der Waals surface area contributed by atoms with Crippen LogP contribution in [0.15, 0.2) is 52.5 Å². The summed E-state index contributed by atoms with van der Waals surface area (Å²) in [5, 5.41) is 4.60.